The van der Waals surface area contributed by atoms with Crippen LogP contribution in [0, 0.1) is 0 Å². The fourth-order valence-electron chi connectivity index (χ4n) is 1.43. The van der Waals surface area contributed by atoms with Crippen molar-refractivity contribution in [3.8, 4) is 5.75 Å². The molecule has 0 aromatic heterocycles. The number of hydrogen-bond acceptors (Lipinski definition) is 2. The highest BCUT2D eigenvalue weighted by Crippen LogP contribution is 2.28. The Morgan fingerprint density at radius 3 is 2.36 bits per heavy atom. The van der Waals surface area contributed by atoms with Gasteiger partial charge >= 0.3 is 0 Å². The molecule has 0 fully saturated rings. The number of rotatable bonds is 3. The van der Waals surface area contributed by atoms with Crippen molar-refractivity contribution in [1.29, 1.82) is 0 Å². The van der Waals surface area contributed by atoms with Crippen molar-refractivity contribution in [2.45, 2.75) is 32.6 Å². The number of aromatic hydroxyl groups is 1. The van der Waals surface area contributed by atoms with Gasteiger partial charge in [-0.1, -0.05) is 32.9 Å². The summed E-state index contributed by atoms with van der Waals surface area (Å²) in [7, 11) is 0. The molecule has 1 atom stereocenters. The lowest BCUT2D eigenvalue weighted by Crippen LogP contribution is -2.00. The zero-order chi connectivity index (χ0) is 10.7. The first-order valence-electron chi connectivity index (χ1n) is 5.00. The summed E-state index contributed by atoms with van der Waals surface area (Å²) in [6, 6.07) is 5.60. The second kappa shape index (κ2) is 4.47. The minimum absolute atomic E-state index is 0.00583. The van der Waals surface area contributed by atoms with Crippen LogP contribution in [0.5, 0.6) is 5.75 Å². The van der Waals surface area contributed by atoms with E-state index in [-0.39, 0.29) is 18.3 Å². The molecule has 2 heteroatoms. The van der Waals surface area contributed by atoms with Crippen LogP contribution in [0.25, 0.3) is 0 Å². The lowest BCUT2D eigenvalue weighted by atomic mass is 9.94. The SMILES string of the molecule is CC(C)c1ccc(O)c(C(C)CO)c1. The normalized spacial score (nSPS) is 13.2. The monoisotopic (exact) mass is 194 g/mol. The summed E-state index contributed by atoms with van der Waals surface area (Å²) < 4.78 is 0. The highest BCUT2D eigenvalue weighted by atomic mass is 16.3. The average molecular weight is 194 g/mol. The van der Waals surface area contributed by atoms with E-state index in [0.29, 0.717) is 5.92 Å². The van der Waals surface area contributed by atoms with E-state index in [1.54, 1.807) is 6.07 Å². The van der Waals surface area contributed by atoms with E-state index >= 15 is 0 Å². The molecule has 14 heavy (non-hydrogen) atoms. The third-order valence-electron chi connectivity index (χ3n) is 2.52. The number of phenols is 1. The zero-order valence-corrected chi connectivity index (χ0v) is 8.99. The maximum Gasteiger partial charge on any atom is 0.119 e. The fraction of sp³-hybridized carbons (Fsp3) is 0.500. The Balaban J connectivity index is 3.08. The molecule has 0 spiro atoms. The summed E-state index contributed by atoms with van der Waals surface area (Å²) in [4.78, 5) is 0. The van der Waals surface area contributed by atoms with Crippen LogP contribution in [0.2, 0.25) is 0 Å². The van der Waals surface area contributed by atoms with Crippen molar-refractivity contribution in [3.63, 3.8) is 0 Å². The van der Waals surface area contributed by atoms with Crippen LogP contribution < -0.4 is 0 Å². The molecular formula is C12H18O2. The van der Waals surface area contributed by atoms with Gasteiger partial charge in [-0.05, 0) is 23.1 Å². The minimum Gasteiger partial charge on any atom is -0.508 e. The summed E-state index contributed by atoms with van der Waals surface area (Å²) in [5, 5.41) is 18.6. The predicted molar refractivity (Wildman–Crippen MR) is 57.7 cm³/mol. The lowest BCUT2D eigenvalue weighted by Gasteiger charge is -2.14. The molecule has 2 nitrogen and oxygen atoms in total. The predicted octanol–water partition coefficient (Wildman–Crippen LogP) is 2.61. The minimum atomic E-state index is -0.00583. The standard InChI is InChI=1S/C12H18O2/c1-8(2)10-4-5-12(14)11(6-10)9(3)7-13/h4-6,8-9,13-14H,7H2,1-3H3. The van der Waals surface area contributed by atoms with Crippen LogP contribution in [0.15, 0.2) is 18.2 Å². The zero-order valence-electron chi connectivity index (χ0n) is 8.99. The van der Waals surface area contributed by atoms with Gasteiger partial charge in [0.25, 0.3) is 0 Å². The third-order valence-corrected chi connectivity index (χ3v) is 2.52. The van der Waals surface area contributed by atoms with Gasteiger partial charge in [0.2, 0.25) is 0 Å². The van der Waals surface area contributed by atoms with Crippen LogP contribution in [-0.4, -0.2) is 16.8 Å². The molecule has 0 bridgehead atoms. The van der Waals surface area contributed by atoms with Gasteiger partial charge in [0.15, 0.2) is 0 Å². The van der Waals surface area contributed by atoms with Crippen molar-refractivity contribution in [3.05, 3.63) is 29.3 Å². The van der Waals surface area contributed by atoms with Crippen molar-refractivity contribution in [2.24, 2.45) is 0 Å². The first kappa shape index (κ1) is 11.1. The van der Waals surface area contributed by atoms with E-state index in [9.17, 15) is 5.11 Å². The van der Waals surface area contributed by atoms with Crippen LogP contribution in [0.3, 0.4) is 0 Å². The summed E-state index contributed by atoms with van der Waals surface area (Å²) >= 11 is 0. The van der Waals surface area contributed by atoms with Gasteiger partial charge in [0.05, 0.1) is 0 Å². The van der Waals surface area contributed by atoms with E-state index in [0.717, 1.165) is 5.56 Å². The summed E-state index contributed by atoms with van der Waals surface area (Å²) in [5.41, 5.74) is 2.02. The Labute approximate surface area is 85.2 Å². The van der Waals surface area contributed by atoms with E-state index in [2.05, 4.69) is 13.8 Å². The molecule has 0 heterocycles. The third kappa shape index (κ3) is 2.26. The van der Waals surface area contributed by atoms with Crippen molar-refractivity contribution in [2.75, 3.05) is 6.61 Å². The lowest BCUT2D eigenvalue weighted by molar-refractivity contribution is 0.270. The number of aliphatic hydroxyl groups is 1. The maximum absolute atomic E-state index is 9.61. The summed E-state index contributed by atoms with van der Waals surface area (Å²) in [6.45, 7) is 6.19. The van der Waals surface area contributed by atoms with Crippen LogP contribution in [0.1, 0.15) is 43.7 Å². The quantitative estimate of drug-likeness (QED) is 0.776. The summed E-state index contributed by atoms with van der Waals surface area (Å²) in [6.07, 6.45) is 0. The molecule has 1 rings (SSSR count). The van der Waals surface area contributed by atoms with Crippen LogP contribution >= 0.6 is 0 Å². The van der Waals surface area contributed by atoms with E-state index in [1.807, 2.05) is 19.1 Å². The molecule has 0 amide bonds. The van der Waals surface area contributed by atoms with Gasteiger partial charge in [-0.2, -0.15) is 0 Å². The van der Waals surface area contributed by atoms with Crippen molar-refractivity contribution in [1.82, 2.24) is 0 Å². The molecular weight excluding hydrogens is 176 g/mol. The Kier molecular flexibility index (Phi) is 3.53. The smallest absolute Gasteiger partial charge is 0.119 e. The van der Waals surface area contributed by atoms with E-state index < -0.39 is 0 Å². The van der Waals surface area contributed by atoms with Crippen LogP contribution in [-0.2, 0) is 0 Å². The Hall–Kier alpha value is -1.02. The molecule has 0 aliphatic rings. The van der Waals surface area contributed by atoms with Gasteiger partial charge in [-0.3, -0.25) is 0 Å². The number of aliphatic hydroxyl groups excluding tert-OH is 1. The molecule has 0 saturated heterocycles. The van der Waals surface area contributed by atoms with Gasteiger partial charge < -0.3 is 10.2 Å². The van der Waals surface area contributed by atoms with Gasteiger partial charge in [-0.15, -0.1) is 0 Å². The number of hydrogen-bond donors (Lipinski definition) is 2. The second-order valence-electron chi connectivity index (χ2n) is 4.06. The Morgan fingerprint density at radius 2 is 1.86 bits per heavy atom. The number of phenolic OH excluding ortho intramolecular Hbond substituents is 1. The molecule has 0 aliphatic carbocycles. The first-order valence-corrected chi connectivity index (χ1v) is 5.00. The Morgan fingerprint density at radius 1 is 1.21 bits per heavy atom. The van der Waals surface area contributed by atoms with Gasteiger partial charge in [-0.25, -0.2) is 0 Å². The van der Waals surface area contributed by atoms with Crippen LogP contribution in [0.4, 0.5) is 0 Å². The van der Waals surface area contributed by atoms with E-state index in [4.69, 9.17) is 5.11 Å². The topological polar surface area (TPSA) is 40.5 Å². The molecule has 2 N–H and O–H groups in total. The van der Waals surface area contributed by atoms with Gasteiger partial charge in [0.1, 0.15) is 5.75 Å². The Bertz CT molecular complexity index is 305. The molecule has 0 aliphatic heterocycles. The van der Waals surface area contributed by atoms with Gasteiger partial charge in [0, 0.05) is 12.5 Å². The molecule has 1 aromatic rings. The second-order valence-corrected chi connectivity index (χ2v) is 4.06. The molecule has 1 aromatic carbocycles. The molecule has 0 saturated carbocycles. The van der Waals surface area contributed by atoms with Crippen molar-refractivity contribution < 1.29 is 10.2 Å². The highest BCUT2D eigenvalue weighted by Gasteiger charge is 2.11. The first-order chi connectivity index (χ1) is 6.56. The summed E-state index contributed by atoms with van der Waals surface area (Å²) in [5.74, 6) is 0.713. The average Bonchev–Trinajstić information content (AvgIpc) is 2.17. The molecule has 78 valence electrons. The highest BCUT2D eigenvalue weighted by molar-refractivity contribution is 5.39. The fourth-order valence-corrected chi connectivity index (χ4v) is 1.43. The molecule has 0 radical (unpaired) electrons. The maximum atomic E-state index is 9.61. The van der Waals surface area contributed by atoms with Crippen molar-refractivity contribution >= 4 is 0 Å². The molecule has 1 unspecified atom stereocenters. The largest absolute Gasteiger partial charge is 0.508 e. The van der Waals surface area contributed by atoms with E-state index in [1.165, 1.54) is 5.56 Å². The number of benzene rings is 1.